The van der Waals surface area contributed by atoms with Gasteiger partial charge in [0, 0.05) is 11.6 Å². The molecule has 8 heteroatoms. The van der Waals surface area contributed by atoms with Crippen LogP contribution in [-0.4, -0.2) is 39.2 Å². The maximum Gasteiger partial charge on any atom is 0.259 e. The highest BCUT2D eigenvalue weighted by atomic mass is 16.5. The van der Waals surface area contributed by atoms with Crippen LogP contribution >= 0.6 is 0 Å². The fourth-order valence-corrected chi connectivity index (χ4v) is 4.63. The van der Waals surface area contributed by atoms with E-state index in [1.165, 1.54) is 26.2 Å². The minimum absolute atomic E-state index is 0.0618. The zero-order valence-electron chi connectivity index (χ0n) is 21.1. The van der Waals surface area contributed by atoms with Crippen LogP contribution in [0.1, 0.15) is 53.6 Å². The summed E-state index contributed by atoms with van der Waals surface area (Å²) in [6.07, 6.45) is 3.95. The number of methoxy groups -OCH3 is 3. The molecule has 1 aliphatic rings. The molecular formula is C28H32N2O6. The SMILES string of the molecule is COc1ccc(C(=O)N(c2ccccc2OC)C(C(=O)NC2CCCC2)c2ccc(C)o2)cc1OC. The first-order chi connectivity index (χ1) is 17.5. The number of nitrogens with one attached hydrogen (secondary N) is 1. The van der Waals surface area contributed by atoms with Gasteiger partial charge in [0.05, 0.1) is 27.0 Å². The standard InChI is InChI=1S/C28H32N2O6/c1-18-13-15-24(36-18)26(27(31)29-20-9-5-6-10-20)30(21-11-7-8-12-22(21)33-2)28(32)19-14-16-23(34-3)25(17-19)35-4/h7-8,11-17,20,26H,5-6,9-10H2,1-4H3,(H,29,31). The number of carbonyl (C=O) groups excluding carboxylic acids is 2. The zero-order chi connectivity index (χ0) is 25.7. The molecule has 8 nitrogen and oxygen atoms in total. The number of benzene rings is 2. The molecular weight excluding hydrogens is 460 g/mol. The largest absolute Gasteiger partial charge is 0.495 e. The minimum Gasteiger partial charge on any atom is -0.495 e. The van der Waals surface area contributed by atoms with Gasteiger partial charge in [-0.25, -0.2) is 0 Å². The molecule has 0 bridgehead atoms. The molecule has 1 saturated carbocycles. The molecule has 1 atom stereocenters. The van der Waals surface area contributed by atoms with Crippen molar-refractivity contribution >= 4 is 17.5 Å². The van der Waals surface area contributed by atoms with Gasteiger partial charge in [-0.1, -0.05) is 25.0 Å². The van der Waals surface area contributed by atoms with E-state index in [2.05, 4.69) is 5.32 Å². The van der Waals surface area contributed by atoms with Crippen LogP contribution in [0.5, 0.6) is 17.2 Å². The molecule has 2 aromatic carbocycles. The van der Waals surface area contributed by atoms with Crippen molar-refractivity contribution < 1.29 is 28.2 Å². The first-order valence-corrected chi connectivity index (χ1v) is 12.0. The second-order valence-corrected chi connectivity index (χ2v) is 8.76. The summed E-state index contributed by atoms with van der Waals surface area (Å²) >= 11 is 0. The van der Waals surface area contributed by atoms with Gasteiger partial charge in [0.2, 0.25) is 0 Å². The predicted octanol–water partition coefficient (Wildman–Crippen LogP) is 5.06. The Bertz CT molecular complexity index is 1210. The molecule has 1 heterocycles. The van der Waals surface area contributed by atoms with Gasteiger partial charge in [-0.15, -0.1) is 0 Å². The molecule has 0 aliphatic heterocycles. The minimum atomic E-state index is -1.06. The number of rotatable bonds is 9. The highest BCUT2D eigenvalue weighted by Crippen LogP contribution is 2.38. The third-order valence-corrected chi connectivity index (χ3v) is 6.43. The summed E-state index contributed by atoms with van der Waals surface area (Å²) in [6, 6.07) is 14.5. The van der Waals surface area contributed by atoms with E-state index in [9.17, 15) is 9.59 Å². The fraction of sp³-hybridized carbons (Fsp3) is 0.357. The quantitative estimate of drug-likeness (QED) is 0.449. The number of carbonyl (C=O) groups is 2. The number of para-hydroxylation sites is 2. The van der Waals surface area contributed by atoms with Crippen molar-refractivity contribution in [3.63, 3.8) is 0 Å². The molecule has 1 aliphatic carbocycles. The van der Waals surface area contributed by atoms with Crippen LogP contribution in [0.2, 0.25) is 0 Å². The van der Waals surface area contributed by atoms with Gasteiger partial charge in [0.25, 0.3) is 11.8 Å². The second-order valence-electron chi connectivity index (χ2n) is 8.76. The first kappa shape index (κ1) is 25.2. The third-order valence-electron chi connectivity index (χ3n) is 6.43. The lowest BCUT2D eigenvalue weighted by Gasteiger charge is -2.32. The number of hydrogen-bond donors (Lipinski definition) is 1. The number of nitrogens with zero attached hydrogens (tertiary/aromatic N) is 1. The van der Waals surface area contributed by atoms with Crippen molar-refractivity contribution in [2.45, 2.75) is 44.7 Å². The number of anilines is 1. The average Bonchev–Trinajstić information content (AvgIpc) is 3.57. The van der Waals surface area contributed by atoms with Crippen LogP contribution in [0.25, 0.3) is 0 Å². The van der Waals surface area contributed by atoms with E-state index in [1.807, 2.05) is 6.07 Å². The smallest absolute Gasteiger partial charge is 0.259 e. The van der Waals surface area contributed by atoms with E-state index < -0.39 is 11.9 Å². The fourth-order valence-electron chi connectivity index (χ4n) is 4.63. The summed E-state index contributed by atoms with van der Waals surface area (Å²) in [7, 11) is 4.57. The van der Waals surface area contributed by atoms with E-state index >= 15 is 0 Å². The van der Waals surface area contributed by atoms with Crippen molar-refractivity contribution in [3.05, 3.63) is 71.7 Å². The van der Waals surface area contributed by atoms with Gasteiger partial charge in [0.1, 0.15) is 17.3 Å². The summed E-state index contributed by atoms with van der Waals surface area (Å²) in [5.74, 6) is 1.63. The number of ether oxygens (including phenoxy) is 3. The normalized spacial score (nSPS) is 14.2. The average molecular weight is 493 g/mol. The highest BCUT2D eigenvalue weighted by Gasteiger charge is 2.38. The lowest BCUT2D eigenvalue weighted by atomic mass is 10.1. The zero-order valence-corrected chi connectivity index (χ0v) is 21.1. The monoisotopic (exact) mass is 492 g/mol. The number of aryl methyl sites for hydroxylation is 1. The van der Waals surface area contributed by atoms with E-state index in [0.717, 1.165) is 25.7 Å². The van der Waals surface area contributed by atoms with Gasteiger partial charge >= 0.3 is 0 Å². The maximum absolute atomic E-state index is 14.2. The van der Waals surface area contributed by atoms with Gasteiger partial charge in [-0.3, -0.25) is 14.5 Å². The summed E-state index contributed by atoms with van der Waals surface area (Å²) in [5.41, 5.74) is 0.765. The van der Waals surface area contributed by atoms with E-state index in [-0.39, 0.29) is 11.9 Å². The predicted molar refractivity (Wildman–Crippen MR) is 136 cm³/mol. The Kier molecular flexibility index (Phi) is 7.83. The van der Waals surface area contributed by atoms with Gasteiger partial charge in [-0.05, 0) is 62.2 Å². The van der Waals surface area contributed by atoms with Crippen molar-refractivity contribution in [1.29, 1.82) is 0 Å². The van der Waals surface area contributed by atoms with Crippen molar-refractivity contribution in [2.75, 3.05) is 26.2 Å². The van der Waals surface area contributed by atoms with Crippen molar-refractivity contribution in [2.24, 2.45) is 0 Å². The Morgan fingerprint density at radius 1 is 0.917 bits per heavy atom. The summed E-state index contributed by atoms with van der Waals surface area (Å²) < 4.78 is 22.3. The van der Waals surface area contributed by atoms with Gasteiger partial charge < -0.3 is 23.9 Å². The number of furan rings is 1. The Morgan fingerprint density at radius 3 is 2.25 bits per heavy atom. The molecule has 190 valence electrons. The highest BCUT2D eigenvalue weighted by molar-refractivity contribution is 6.11. The molecule has 36 heavy (non-hydrogen) atoms. The van der Waals surface area contributed by atoms with Crippen LogP contribution in [0.15, 0.2) is 59.0 Å². The van der Waals surface area contributed by atoms with Crippen molar-refractivity contribution in [1.82, 2.24) is 5.32 Å². The molecule has 2 amide bonds. The Labute approximate surface area is 211 Å². The van der Waals surface area contributed by atoms with E-state index in [1.54, 1.807) is 55.5 Å². The molecule has 1 unspecified atom stereocenters. The molecule has 4 rings (SSSR count). The molecule has 0 radical (unpaired) electrons. The van der Waals surface area contributed by atoms with Crippen molar-refractivity contribution in [3.8, 4) is 17.2 Å². The Morgan fingerprint density at radius 2 is 1.61 bits per heavy atom. The molecule has 1 fully saturated rings. The molecule has 1 aromatic heterocycles. The van der Waals surface area contributed by atoms with Crippen LogP contribution in [-0.2, 0) is 4.79 Å². The van der Waals surface area contributed by atoms with E-state index in [4.69, 9.17) is 18.6 Å². The molecule has 0 spiro atoms. The Balaban J connectivity index is 1.86. The topological polar surface area (TPSA) is 90.2 Å². The maximum atomic E-state index is 14.2. The molecule has 0 saturated heterocycles. The summed E-state index contributed by atoms with van der Waals surface area (Å²) in [5, 5.41) is 3.14. The summed E-state index contributed by atoms with van der Waals surface area (Å²) in [6.45, 7) is 1.80. The third kappa shape index (κ3) is 5.17. The molecule has 1 N–H and O–H groups in total. The van der Waals surface area contributed by atoms with Gasteiger partial charge in [-0.2, -0.15) is 0 Å². The Hall–Kier alpha value is -3.94. The summed E-state index contributed by atoms with van der Waals surface area (Å²) in [4.78, 5) is 29.5. The van der Waals surface area contributed by atoms with Crippen LogP contribution < -0.4 is 24.4 Å². The number of amides is 2. The van der Waals surface area contributed by atoms with E-state index in [0.29, 0.717) is 40.0 Å². The van der Waals surface area contributed by atoms with Gasteiger partial charge in [0.15, 0.2) is 17.5 Å². The van der Waals surface area contributed by atoms with Crippen LogP contribution in [0.3, 0.4) is 0 Å². The lowest BCUT2D eigenvalue weighted by molar-refractivity contribution is -0.123. The first-order valence-electron chi connectivity index (χ1n) is 12.0. The number of hydrogen-bond acceptors (Lipinski definition) is 6. The second kappa shape index (κ2) is 11.2. The molecule has 3 aromatic rings. The van der Waals surface area contributed by atoms with Crippen LogP contribution in [0.4, 0.5) is 5.69 Å². The lowest BCUT2D eigenvalue weighted by Crippen LogP contribution is -2.46. The van der Waals surface area contributed by atoms with Crippen LogP contribution in [0, 0.1) is 6.92 Å².